The van der Waals surface area contributed by atoms with Crippen LogP contribution in [0.2, 0.25) is 0 Å². The lowest BCUT2D eigenvalue weighted by molar-refractivity contribution is -0.164. The first kappa shape index (κ1) is 25.5. The van der Waals surface area contributed by atoms with E-state index in [1.807, 2.05) is 0 Å². The van der Waals surface area contributed by atoms with Crippen LogP contribution >= 0.6 is 0 Å². The second-order valence-electron chi connectivity index (χ2n) is 9.30. The van der Waals surface area contributed by atoms with E-state index in [9.17, 15) is 19.2 Å². The fourth-order valence-electron chi connectivity index (χ4n) is 2.75. The highest BCUT2D eigenvalue weighted by Gasteiger charge is 2.40. The molecular weight excluding hydrogens is 392 g/mol. The fraction of sp³-hybridized carbons (Fsp3) is 0.714. The second-order valence-corrected chi connectivity index (χ2v) is 9.30. The number of esters is 2. The van der Waals surface area contributed by atoms with Gasteiger partial charge in [0.15, 0.2) is 0 Å². The van der Waals surface area contributed by atoms with Crippen molar-refractivity contribution in [2.75, 3.05) is 13.2 Å². The van der Waals surface area contributed by atoms with E-state index < -0.39 is 53.8 Å². The van der Waals surface area contributed by atoms with Crippen LogP contribution in [0.3, 0.4) is 0 Å². The Balaban J connectivity index is 2.98. The van der Waals surface area contributed by atoms with E-state index in [0.717, 1.165) is 0 Å². The number of amides is 2. The smallest absolute Gasteiger partial charge is 0.408 e. The van der Waals surface area contributed by atoms with Gasteiger partial charge in [0.25, 0.3) is 0 Å². The molecule has 1 aliphatic rings. The Morgan fingerprint density at radius 3 is 2.13 bits per heavy atom. The molecule has 0 bridgehead atoms. The number of hydrogen-bond donors (Lipinski definition) is 1. The summed E-state index contributed by atoms with van der Waals surface area (Å²) in [7, 11) is 0. The number of carbonyl (C=O) groups is 4. The van der Waals surface area contributed by atoms with Crippen LogP contribution in [-0.4, -0.2) is 65.3 Å². The summed E-state index contributed by atoms with van der Waals surface area (Å²) in [6, 6.07) is -1.98. The molecule has 1 fully saturated rings. The van der Waals surface area contributed by atoms with E-state index in [-0.39, 0.29) is 5.57 Å². The zero-order chi connectivity index (χ0) is 23.3. The van der Waals surface area contributed by atoms with Gasteiger partial charge in [0.2, 0.25) is 5.91 Å². The van der Waals surface area contributed by atoms with Gasteiger partial charge in [0.1, 0.15) is 29.9 Å². The summed E-state index contributed by atoms with van der Waals surface area (Å²) in [5, 5.41) is 2.44. The van der Waals surface area contributed by atoms with Gasteiger partial charge < -0.3 is 24.4 Å². The molecule has 1 aliphatic heterocycles. The van der Waals surface area contributed by atoms with Crippen molar-refractivity contribution >= 4 is 23.9 Å². The molecule has 0 aromatic carbocycles. The summed E-state index contributed by atoms with van der Waals surface area (Å²) in [6.45, 7) is 15.2. The van der Waals surface area contributed by atoms with Gasteiger partial charge in [0, 0.05) is 12.1 Å². The Hall–Kier alpha value is -2.58. The first-order valence-corrected chi connectivity index (χ1v) is 9.96. The molecule has 0 aliphatic carbocycles. The minimum absolute atomic E-state index is 0.159. The van der Waals surface area contributed by atoms with E-state index in [1.165, 1.54) is 11.8 Å². The van der Waals surface area contributed by atoms with Gasteiger partial charge in [-0.3, -0.25) is 4.79 Å². The van der Waals surface area contributed by atoms with Crippen LogP contribution in [0.15, 0.2) is 12.2 Å². The molecule has 9 nitrogen and oxygen atoms in total. The van der Waals surface area contributed by atoms with Gasteiger partial charge in [-0.1, -0.05) is 6.58 Å². The van der Waals surface area contributed by atoms with E-state index in [0.29, 0.717) is 19.4 Å². The van der Waals surface area contributed by atoms with Crippen LogP contribution in [0.25, 0.3) is 0 Å². The SMILES string of the molecule is C=C(C)C(=O)OC[C@H](NC(=O)OC(C)(C)C)C(=O)N1CCC[C@H]1C(=O)OC(C)(C)C. The van der Waals surface area contributed by atoms with Crippen LogP contribution < -0.4 is 5.32 Å². The lowest BCUT2D eigenvalue weighted by Gasteiger charge is -2.30. The fourth-order valence-corrected chi connectivity index (χ4v) is 2.75. The number of likely N-dealkylation sites (tertiary alicyclic amines) is 1. The highest BCUT2D eigenvalue weighted by molar-refractivity contribution is 5.91. The van der Waals surface area contributed by atoms with Crippen molar-refractivity contribution < 1.29 is 33.4 Å². The molecular formula is C21H34N2O7. The summed E-state index contributed by atoms with van der Waals surface area (Å²) in [6.07, 6.45) is 0.228. The maximum absolute atomic E-state index is 13.1. The van der Waals surface area contributed by atoms with Crippen molar-refractivity contribution in [3.05, 3.63) is 12.2 Å². The first-order valence-electron chi connectivity index (χ1n) is 9.96. The van der Waals surface area contributed by atoms with Crippen LogP contribution in [0.5, 0.6) is 0 Å². The molecule has 0 aromatic rings. The third-order valence-corrected chi connectivity index (χ3v) is 3.93. The maximum atomic E-state index is 13.1. The van der Waals surface area contributed by atoms with Gasteiger partial charge in [-0.2, -0.15) is 0 Å². The molecule has 0 unspecified atom stereocenters. The summed E-state index contributed by atoms with van der Waals surface area (Å²) < 4.78 is 15.7. The Morgan fingerprint density at radius 1 is 1.07 bits per heavy atom. The predicted octanol–water partition coefficient (Wildman–Crippen LogP) is 2.33. The van der Waals surface area contributed by atoms with Gasteiger partial charge in [0.05, 0.1) is 0 Å². The number of nitrogens with zero attached hydrogens (tertiary/aromatic N) is 1. The molecule has 9 heteroatoms. The lowest BCUT2D eigenvalue weighted by Crippen LogP contribution is -2.55. The summed E-state index contributed by atoms with van der Waals surface area (Å²) in [5.74, 6) is -1.75. The Kier molecular flexibility index (Phi) is 8.44. The summed E-state index contributed by atoms with van der Waals surface area (Å²) in [5.41, 5.74) is -1.32. The van der Waals surface area contributed by atoms with Crippen molar-refractivity contribution in [1.82, 2.24) is 10.2 Å². The molecule has 0 saturated carbocycles. The number of ether oxygens (including phenoxy) is 3. The van der Waals surface area contributed by atoms with Crippen molar-refractivity contribution in [2.24, 2.45) is 0 Å². The summed E-state index contributed by atoms with van der Waals surface area (Å²) in [4.78, 5) is 51.0. The quantitative estimate of drug-likeness (QED) is 0.394. The third-order valence-electron chi connectivity index (χ3n) is 3.93. The largest absolute Gasteiger partial charge is 0.460 e. The van der Waals surface area contributed by atoms with Gasteiger partial charge in [-0.25, -0.2) is 14.4 Å². The van der Waals surface area contributed by atoms with Crippen LogP contribution in [0.1, 0.15) is 61.3 Å². The number of alkyl carbamates (subject to hydrolysis) is 1. The first-order chi connectivity index (χ1) is 13.6. The highest BCUT2D eigenvalue weighted by atomic mass is 16.6. The summed E-state index contributed by atoms with van der Waals surface area (Å²) >= 11 is 0. The normalized spacial score (nSPS) is 17.7. The highest BCUT2D eigenvalue weighted by Crippen LogP contribution is 2.22. The van der Waals surface area contributed by atoms with Gasteiger partial charge in [-0.15, -0.1) is 0 Å². The lowest BCUT2D eigenvalue weighted by atomic mass is 10.1. The average Bonchev–Trinajstić information content (AvgIpc) is 3.04. The zero-order valence-electron chi connectivity index (χ0n) is 19.0. The van der Waals surface area contributed by atoms with E-state index >= 15 is 0 Å². The Labute approximate surface area is 178 Å². The molecule has 30 heavy (non-hydrogen) atoms. The molecule has 2 amide bonds. The predicted molar refractivity (Wildman–Crippen MR) is 110 cm³/mol. The van der Waals surface area contributed by atoms with Crippen LogP contribution in [0, 0.1) is 0 Å². The number of carbonyl (C=O) groups excluding carboxylic acids is 4. The van der Waals surface area contributed by atoms with E-state index in [4.69, 9.17) is 14.2 Å². The molecule has 0 spiro atoms. The van der Waals surface area contributed by atoms with Crippen molar-refractivity contribution in [2.45, 2.75) is 84.6 Å². The number of rotatable bonds is 6. The third kappa shape index (κ3) is 8.42. The van der Waals surface area contributed by atoms with Gasteiger partial charge in [-0.05, 0) is 61.3 Å². The number of hydrogen-bond acceptors (Lipinski definition) is 7. The molecule has 1 N–H and O–H groups in total. The molecule has 170 valence electrons. The molecule has 0 aromatic heterocycles. The van der Waals surface area contributed by atoms with E-state index in [2.05, 4.69) is 11.9 Å². The standard InChI is InChI=1S/C21H34N2O7/c1-13(2)17(25)28-12-14(22-19(27)30-21(6,7)8)16(24)23-11-9-10-15(23)18(26)29-20(3,4)5/h14-15H,1,9-12H2,2-8H3,(H,22,27)/t14-,15-/m0/s1. The van der Waals surface area contributed by atoms with Crippen molar-refractivity contribution in [3.63, 3.8) is 0 Å². The minimum atomic E-state index is -1.22. The second kappa shape index (κ2) is 9.95. The molecule has 1 saturated heterocycles. The van der Waals surface area contributed by atoms with E-state index in [1.54, 1.807) is 41.5 Å². The number of nitrogens with one attached hydrogen (secondary N) is 1. The van der Waals surface area contributed by atoms with Gasteiger partial charge >= 0.3 is 18.0 Å². The molecule has 1 rings (SSSR count). The molecule has 0 radical (unpaired) electrons. The average molecular weight is 427 g/mol. The maximum Gasteiger partial charge on any atom is 0.408 e. The molecule has 1 heterocycles. The minimum Gasteiger partial charge on any atom is -0.460 e. The Morgan fingerprint density at radius 2 is 1.63 bits per heavy atom. The van der Waals surface area contributed by atoms with Crippen molar-refractivity contribution in [3.8, 4) is 0 Å². The monoisotopic (exact) mass is 426 g/mol. The zero-order valence-corrected chi connectivity index (χ0v) is 19.0. The van der Waals surface area contributed by atoms with Crippen LogP contribution in [0.4, 0.5) is 4.79 Å². The van der Waals surface area contributed by atoms with Crippen molar-refractivity contribution in [1.29, 1.82) is 0 Å². The topological polar surface area (TPSA) is 111 Å². The Bertz CT molecular complexity index is 688. The van der Waals surface area contributed by atoms with Crippen LogP contribution in [-0.2, 0) is 28.6 Å². The molecule has 2 atom stereocenters.